The lowest BCUT2D eigenvalue weighted by Crippen LogP contribution is -2.44. The minimum atomic E-state index is 0.154. The summed E-state index contributed by atoms with van der Waals surface area (Å²) in [5.41, 5.74) is 0. The Hall–Kier alpha value is -0.630. The van der Waals surface area contributed by atoms with Gasteiger partial charge in [0.15, 0.2) is 0 Å². The number of quaternary nitrogens is 1. The second kappa shape index (κ2) is 11.2. The second-order valence-corrected chi connectivity index (χ2v) is 6.32. The largest absolute Gasteiger partial charge is 0.322 e. The van der Waals surface area contributed by atoms with Gasteiger partial charge < -0.3 is 4.48 Å². The number of unbranched alkanes of at least 4 members (excludes halogenated alkanes) is 8. The highest BCUT2D eigenvalue weighted by atomic mass is 16.1. The van der Waals surface area contributed by atoms with Crippen LogP contribution in [-0.2, 0) is 4.79 Å². The molecule has 112 valence electrons. The SMILES string of the molecule is C=CC(=O)C[N+](C)(C)CCCCCCCCCCC. The zero-order chi connectivity index (χ0) is 14.6. The molecule has 0 N–H and O–H groups in total. The summed E-state index contributed by atoms with van der Waals surface area (Å²) in [6, 6.07) is 0. The van der Waals surface area contributed by atoms with Crippen molar-refractivity contribution in [3.63, 3.8) is 0 Å². The van der Waals surface area contributed by atoms with E-state index in [-0.39, 0.29) is 5.78 Å². The van der Waals surface area contributed by atoms with Gasteiger partial charge in [-0.1, -0.05) is 58.4 Å². The molecule has 0 aliphatic carbocycles. The summed E-state index contributed by atoms with van der Waals surface area (Å²) in [6.45, 7) is 7.47. The molecule has 0 rings (SSSR count). The minimum absolute atomic E-state index is 0.154. The molecule has 0 saturated heterocycles. The zero-order valence-corrected chi connectivity index (χ0v) is 13.4. The molecule has 0 atom stereocenters. The summed E-state index contributed by atoms with van der Waals surface area (Å²) in [5, 5.41) is 0. The van der Waals surface area contributed by atoms with E-state index in [9.17, 15) is 4.79 Å². The number of rotatable bonds is 13. The van der Waals surface area contributed by atoms with Gasteiger partial charge in [0.25, 0.3) is 0 Å². The molecule has 0 spiro atoms. The number of hydrogen-bond acceptors (Lipinski definition) is 1. The number of carbonyl (C=O) groups excluding carboxylic acids is 1. The Bertz CT molecular complexity index is 246. The third-order valence-corrected chi connectivity index (χ3v) is 3.68. The van der Waals surface area contributed by atoms with Gasteiger partial charge in [0.1, 0.15) is 6.54 Å². The lowest BCUT2D eigenvalue weighted by atomic mass is 10.1. The second-order valence-electron chi connectivity index (χ2n) is 6.32. The third kappa shape index (κ3) is 12.2. The maximum atomic E-state index is 11.4. The molecule has 0 saturated carbocycles. The molecule has 19 heavy (non-hydrogen) atoms. The van der Waals surface area contributed by atoms with Crippen molar-refractivity contribution in [2.75, 3.05) is 27.2 Å². The van der Waals surface area contributed by atoms with Gasteiger partial charge in [0.05, 0.1) is 20.6 Å². The molecule has 0 aromatic carbocycles. The fourth-order valence-corrected chi connectivity index (χ4v) is 2.42. The molecule has 0 aliphatic heterocycles. The van der Waals surface area contributed by atoms with Gasteiger partial charge in [0.2, 0.25) is 5.78 Å². The summed E-state index contributed by atoms with van der Waals surface area (Å²) in [4.78, 5) is 11.4. The molecule has 2 nitrogen and oxygen atoms in total. The summed E-state index contributed by atoms with van der Waals surface area (Å²) in [5.74, 6) is 0.154. The van der Waals surface area contributed by atoms with Gasteiger partial charge >= 0.3 is 0 Å². The minimum Gasteiger partial charge on any atom is -0.322 e. The van der Waals surface area contributed by atoms with Crippen LogP contribution in [0.25, 0.3) is 0 Å². The van der Waals surface area contributed by atoms with Gasteiger partial charge in [-0.3, -0.25) is 4.79 Å². The Kier molecular flexibility index (Phi) is 10.8. The highest BCUT2D eigenvalue weighted by molar-refractivity contribution is 5.90. The number of likely N-dealkylation sites (N-methyl/N-ethyl adjacent to an activating group) is 1. The number of nitrogens with zero attached hydrogens (tertiary/aromatic N) is 1. The molecule has 0 aromatic rings. The average Bonchev–Trinajstić information content (AvgIpc) is 2.36. The zero-order valence-electron chi connectivity index (χ0n) is 13.4. The summed E-state index contributed by atoms with van der Waals surface area (Å²) in [7, 11) is 4.26. The van der Waals surface area contributed by atoms with E-state index in [1.165, 1.54) is 63.9 Å². The highest BCUT2D eigenvalue weighted by Gasteiger charge is 2.17. The summed E-state index contributed by atoms with van der Waals surface area (Å²) >= 11 is 0. The maximum absolute atomic E-state index is 11.4. The standard InChI is InChI=1S/C17H34NO/c1-5-7-8-9-10-11-12-13-14-15-18(3,4)16-17(19)6-2/h6H,2,5,7-16H2,1,3-4H3/q+1. The van der Waals surface area contributed by atoms with Crippen molar-refractivity contribution in [2.45, 2.75) is 64.7 Å². The predicted molar refractivity (Wildman–Crippen MR) is 84.3 cm³/mol. The van der Waals surface area contributed by atoms with Crippen LogP contribution in [0.15, 0.2) is 12.7 Å². The molecule has 0 radical (unpaired) electrons. The van der Waals surface area contributed by atoms with Crippen LogP contribution < -0.4 is 0 Å². The molecule has 0 bridgehead atoms. The van der Waals surface area contributed by atoms with E-state index in [1.54, 1.807) is 0 Å². The van der Waals surface area contributed by atoms with E-state index in [4.69, 9.17) is 0 Å². The molecule has 0 amide bonds. The summed E-state index contributed by atoms with van der Waals surface area (Å²) < 4.78 is 0.793. The Morgan fingerprint density at radius 3 is 1.89 bits per heavy atom. The van der Waals surface area contributed by atoms with Crippen molar-refractivity contribution >= 4 is 5.78 Å². The third-order valence-electron chi connectivity index (χ3n) is 3.68. The topological polar surface area (TPSA) is 17.1 Å². The van der Waals surface area contributed by atoms with Crippen molar-refractivity contribution < 1.29 is 9.28 Å². The predicted octanol–water partition coefficient (Wildman–Crippen LogP) is 4.35. The molecule has 0 unspecified atom stereocenters. The highest BCUT2D eigenvalue weighted by Crippen LogP contribution is 2.11. The van der Waals surface area contributed by atoms with Crippen LogP contribution >= 0.6 is 0 Å². The van der Waals surface area contributed by atoms with Crippen LogP contribution in [0, 0.1) is 0 Å². The molecule has 0 aliphatic rings. The number of ketones is 1. The van der Waals surface area contributed by atoms with Crippen molar-refractivity contribution in [3.05, 3.63) is 12.7 Å². The molecular weight excluding hydrogens is 234 g/mol. The quantitative estimate of drug-likeness (QED) is 0.276. The van der Waals surface area contributed by atoms with Crippen molar-refractivity contribution in [2.24, 2.45) is 0 Å². The fraction of sp³-hybridized carbons (Fsp3) is 0.824. The fourth-order valence-electron chi connectivity index (χ4n) is 2.42. The molecule has 0 aromatic heterocycles. The van der Waals surface area contributed by atoms with Gasteiger partial charge in [-0.05, 0) is 18.9 Å². The van der Waals surface area contributed by atoms with E-state index < -0.39 is 0 Å². The number of carbonyl (C=O) groups is 1. The molecule has 2 heteroatoms. The first-order chi connectivity index (χ1) is 9.02. The maximum Gasteiger partial charge on any atom is 0.209 e. The Balaban J connectivity index is 3.42. The van der Waals surface area contributed by atoms with Crippen LogP contribution in [-0.4, -0.2) is 37.5 Å². The van der Waals surface area contributed by atoms with Crippen molar-refractivity contribution in [1.82, 2.24) is 0 Å². The van der Waals surface area contributed by atoms with Gasteiger partial charge in [-0.25, -0.2) is 0 Å². The first kappa shape index (κ1) is 18.4. The summed E-state index contributed by atoms with van der Waals surface area (Å²) in [6.07, 6.45) is 13.6. The monoisotopic (exact) mass is 268 g/mol. The van der Waals surface area contributed by atoms with Crippen LogP contribution in [0.3, 0.4) is 0 Å². The molecule has 0 heterocycles. The van der Waals surface area contributed by atoms with Gasteiger partial charge in [-0.2, -0.15) is 0 Å². The lowest BCUT2D eigenvalue weighted by Gasteiger charge is -2.28. The van der Waals surface area contributed by atoms with E-state index in [2.05, 4.69) is 27.6 Å². The van der Waals surface area contributed by atoms with Crippen LogP contribution in [0.4, 0.5) is 0 Å². The lowest BCUT2D eigenvalue weighted by molar-refractivity contribution is -0.882. The van der Waals surface area contributed by atoms with Crippen LogP contribution in [0.2, 0.25) is 0 Å². The first-order valence-electron chi connectivity index (χ1n) is 7.99. The molecule has 0 fully saturated rings. The number of hydrogen-bond donors (Lipinski definition) is 0. The van der Waals surface area contributed by atoms with Crippen LogP contribution in [0.1, 0.15) is 64.7 Å². The normalized spacial score (nSPS) is 11.5. The van der Waals surface area contributed by atoms with E-state index in [0.717, 1.165) is 11.0 Å². The van der Waals surface area contributed by atoms with E-state index in [0.29, 0.717) is 6.54 Å². The molecular formula is C17H34NO+. The van der Waals surface area contributed by atoms with Crippen LogP contribution in [0.5, 0.6) is 0 Å². The van der Waals surface area contributed by atoms with E-state index >= 15 is 0 Å². The Labute approximate surface area is 120 Å². The van der Waals surface area contributed by atoms with Gasteiger partial charge in [-0.15, -0.1) is 0 Å². The van der Waals surface area contributed by atoms with Crippen molar-refractivity contribution in [1.29, 1.82) is 0 Å². The average molecular weight is 268 g/mol. The smallest absolute Gasteiger partial charge is 0.209 e. The van der Waals surface area contributed by atoms with E-state index in [1.807, 2.05) is 0 Å². The van der Waals surface area contributed by atoms with Gasteiger partial charge in [0, 0.05) is 0 Å². The Morgan fingerprint density at radius 1 is 0.947 bits per heavy atom. The Morgan fingerprint density at radius 2 is 1.42 bits per heavy atom. The first-order valence-corrected chi connectivity index (χ1v) is 7.99. The van der Waals surface area contributed by atoms with Crippen molar-refractivity contribution in [3.8, 4) is 0 Å².